The van der Waals surface area contributed by atoms with Gasteiger partial charge in [0.05, 0.1) is 6.61 Å². The molecular weight excluding hydrogens is 358 g/mol. The number of nitrogens with zero attached hydrogens (tertiary/aromatic N) is 1. The zero-order chi connectivity index (χ0) is 21.7. The molecule has 0 aliphatic heterocycles. The molecule has 0 aromatic heterocycles. The SMILES string of the molecule is CCCCCCC(CCCCC)CCCOCCN(C)C(=O)C(C)CCCCC. The second-order valence-corrected chi connectivity index (χ2v) is 9.12. The van der Waals surface area contributed by atoms with E-state index in [0.29, 0.717) is 13.2 Å². The summed E-state index contributed by atoms with van der Waals surface area (Å²) < 4.78 is 5.86. The van der Waals surface area contributed by atoms with Crippen LogP contribution in [0.15, 0.2) is 0 Å². The molecule has 0 radical (unpaired) electrons. The Morgan fingerprint density at radius 3 is 1.86 bits per heavy atom. The fraction of sp³-hybridized carbons (Fsp3) is 0.962. The van der Waals surface area contributed by atoms with E-state index in [-0.39, 0.29) is 11.8 Å². The van der Waals surface area contributed by atoms with E-state index in [1.807, 2.05) is 11.9 Å². The van der Waals surface area contributed by atoms with Crippen molar-refractivity contribution >= 4 is 5.91 Å². The summed E-state index contributed by atoms with van der Waals surface area (Å²) in [5.74, 6) is 1.30. The minimum atomic E-state index is 0.142. The molecule has 0 heterocycles. The van der Waals surface area contributed by atoms with E-state index in [4.69, 9.17) is 4.74 Å². The van der Waals surface area contributed by atoms with Gasteiger partial charge in [0.25, 0.3) is 0 Å². The first-order valence-corrected chi connectivity index (χ1v) is 12.9. The van der Waals surface area contributed by atoms with Crippen molar-refractivity contribution in [2.45, 2.75) is 124 Å². The molecule has 0 saturated carbocycles. The van der Waals surface area contributed by atoms with Crippen LogP contribution in [0.2, 0.25) is 0 Å². The van der Waals surface area contributed by atoms with Gasteiger partial charge >= 0.3 is 0 Å². The Hall–Kier alpha value is -0.570. The molecule has 0 bridgehead atoms. The summed E-state index contributed by atoms with van der Waals surface area (Å²) >= 11 is 0. The molecule has 0 rings (SSSR count). The molecule has 0 spiro atoms. The van der Waals surface area contributed by atoms with E-state index in [1.165, 1.54) is 77.0 Å². The molecule has 0 aliphatic carbocycles. The highest BCUT2D eigenvalue weighted by Gasteiger charge is 2.16. The van der Waals surface area contributed by atoms with Crippen LogP contribution in [-0.4, -0.2) is 37.6 Å². The molecule has 3 nitrogen and oxygen atoms in total. The maximum absolute atomic E-state index is 12.4. The molecular formula is C26H53NO2. The van der Waals surface area contributed by atoms with Crippen LogP contribution in [0.3, 0.4) is 0 Å². The zero-order valence-corrected chi connectivity index (χ0v) is 20.6. The number of likely N-dealkylation sites (N-methyl/N-ethyl adjacent to an activating group) is 1. The Morgan fingerprint density at radius 1 is 0.724 bits per heavy atom. The van der Waals surface area contributed by atoms with Crippen LogP contribution in [0.1, 0.15) is 124 Å². The maximum atomic E-state index is 12.4. The third-order valence-electron chi connectivity index (χ3n) is 6.19. The highest BCUT2D eigenvalue weighted by molar-refractivity contribution is 5.78. The average Bonchev–Trinajstić information content (AvgIpc) is 2.72. The van der Waals surface area contributed by atoms with Crippen molar-refractivity contribution in [2.24, 2.45) is 11.8 Å². The predicted molar refractivity (Wildman–Crippen MR) is 127 cm³/mol. The summed E-state index contributed by atoms with van der Waals surface area (Å²) in [4.78, 5) is 14.2. The molecule has 0 aromatic rings. The lowest BCUT2D eigenvalue weighted by atomic mass is 9.91. The van der Waals surface area contributed by atoms with Crippen molar-refractivity contribution < 1.29 is 9.53 Å². The number of amides is 1. The van der Waals surface area contributed by atoms with E-state index in [1.54, 1.807) is 0 Å². The predicted octanol–water partition coefficient (Wildman–Crippen LogP) is 7.62. The summed E-state index contributed by atoms with van der Waals surface area (Å²) in [7, 11) is 1.92. The third kappa shape index (κ3) is 16.9. The number of carbonyl (C=O) groups is 1. The van der Waals surface area contributed by atoms with Gasteiger partial charge in [0, 0.05) is 26.1 Å². The van der Waals surface area contributed by atoms with Crippen LogP contribution >= 0.6 is 0 Å². The van der Waals surface area contributed by atoms with Crippen LogP contribution < -0.4 is 0 Å². The molecule has 0 fully saturated rings. The number of hydrogen-bond acceptors (Lipinski definition) is 2. The fourth-order valence-electron chi connectivity index (χ4n) is 4.06. The Kier molecular flexibility index (Phi) is 20.3. The van der Waals surface area contributed by atoms with Gasteiger partial charge in [0.2, 0.25) is 5.91 Å². The highest BCUT2D eigenvalue weighted by atomic mass is 16.5. The molecule has 0 aromatic carbocycles. The lowest BCUT2D eigenvalue weighted by Gasteiger charge is -2.21. The van der Waals surface area contributed by atoms with Gasteiger partial charge in [-0.25, -0.2) is 0 Å². The Morgan fingerprint density at radius 2 is 1.24 bits per heavy atom. The molecule has 2 unspecified atom stereocenters. The van der Waals surface area contributed by atoms with Crippen molar-refractivity contribution in [3.05, 3.63) is 0 Å². The van der Waals surface area contributed by atoms with Gasteiger partial charge in [0.1, 0.15) is 0 Å². The number of unbranched alkanes of at least 4 members (excludes halogenated alkanes) is 7. The van der Waals surface area contributed by atoms with Crippen LogP contribution in [0.5, 0.6) is 0 Å². The Balaban J connectivity index is 3.90. The lowest BCUT2D eigenvalue weighted by Crippen LogP contribution is -2.34. The van der Waals surface area contributed by atoms with Crippen molar-refractivity contribution in [3.8, 4) is 0 Å². The van der Waals surface area contributed by atoms with E-state index in [2.05, 4.69) is 27.7 Å². The maximum Gasteiger partial charge on any atom is 0.225 e. The molecule has 2 atom stereocenters. The second-order valence-electron chi connectivity index (χ2n) is 9.12. The minimum Gasteiger partial charge on any atom is -0.380 e. The van der Waals surface area contributed by atoms with Crippen LogP contribution in [0.4, 0.5) is 0 Å². The zero-order valence-electron chi connectivity index (χ0n) is 20.6. The van der Waals surface area contributed by atoms with Crippen molar-refractivity contribution in [1.82, 2.24) is 4.90 Å². The van der Waals surface area contributed by atoms with Gasteiger partial charge in [-0.2, -0.15) is 0 Å². The number of ether oxygens (including phenoxy) is 1. The van der Waals surface area contributed by atoms with E-state index < -0.39 is 0 Å². The number of carbonyl (C=O) groups excluding carboxylic acids is 1. The number of rotatable bonds is 21. The van der Waals surface area contributed by atoms with Gasteiger partial charge in [-0.05, 0) is 25.2 Å². The van der Waals surface area contributed by atoms with E-state index >= 15 is 0 Å². The minimum absolute atomic E-state index is 0.142. The van der Waals surface area contributed by atoms with Gasteiger partial charge in [-0.15, -0.1) is 0 Å². The topological polar surface area (TPSA) is 29.5 Å². The van der Waals surface area contributed by atoms with E-state index in [0.717, 1.165) is 31.8 Å². The van der Waals surface area contributed by atoms with E-state index in [9.17, 15) is 4.79 Å². The number of hydrogen-bond donors (Lipinski definition) is 0. The van der Waals surface area contributed by atoms with Crippen molar-refractivity contribution in [2.75, 3.05) is 26.8 Å². The molecule has 0 N–H and O–H groups in total. The lowest BCUT2D eigenvalue weighted by molar-refractivity contribution is -0.134. The van der Waals surface area contributed by atoms with Crippen molar-refractivity contribution in [1.29, 1.82) is 0 Å². The molecule has 0 aliphatic rings. The normalized spacial score (nSPS) is 13.4. The molecule has 0 saturated heterocycles. The first-order chi connectivity index (χ1) is 14.1. The molecule has 29 heavy (non-hydrogen) atoms. The Bertz CT molecular complexity index is 359. The van der Waals surface area contributed by atoms with Gasteiger partial charge in [-0.3, -0.25) is 4.79 Å². The van der Waals surface area contributed by atoms with Gasteiger partial charge < -0.3 is 9.64 Å². The molecule has 174 valence electrons. The third-order valence-corrected chi connectivity index (χ3v) is 6.19. The largest absolute Gasteiger partial charge is 0.380 e. The standard InChI is InChI=1S/C26H53NO2/c1-6-9-12-15-19-25(18-14-11-8-3)20-16-22-29-23-21-27(5)26(28)24(4)17-13-10-7-2/h24-25H,6-23H2,1-5H3. The summed E-state index contributed by atoms with van der Waals surface area (Å²) in [5, 5.41) is 0. The van der Waals surface area contributed by atoms with Crippen LogP contribution in [0.25, 0.3) is 0 Å². The quantitative estimate of drug-likeness (QED) is 0.182. The average molecular weight is 412 g/mol. The summed E-state index contributed by atoms with van der Waals surface area (Å²) in [6.07, 6.45) is 19.4. The monoisotopic (exact) mass is 411 g/mol. The van der Waals surface area contributed by atoms with Crippen LogP contribution in [0, 0.1) is 11.8 Å². The Labute approximate surface area is 183 Å². The first-order valence-electron chi connectivity index (χ1n) is 12.9. The van der Waals surface area contributed by atoms with Gasteiger partial charge in [0.15, 0.2) is 0 Å². The van der Waals surface area contributed by atoms with Crippen LogP contribution in [-0.2, 0) is 9.53 Å². The molecule has 1 amide bonds. The van der Waals surface area contributed by atoms with Crippen molar-refractivity contribution in [3.63, 3.8) is 0 Å². The fourth-order valence-corrected chi connectivity index (χ4v) is 4.06. The summed E-state index contributed by atoms with van der Waals surface area (Å²) in [6.45, 7) is 11.1. The smallest absolute Gasteiger partial charge is 0.225 e. The van der Waals surface area contributed by atoms with Gasteiger partial charge in [-0.1, -0.05) is 105 Å². The first kappa shape index (κ1) is 28.4. The second kappa shape index (κ2) is 20.7. The summed E-state index contributed by atoms with van der Waals surface area (Å²) in [5.41, 5.74) is 0. The summed E-state index contributed by atoms with van der Waals surface area (Å²) in [6, 6.07) is 0. The highest BCUT2D eigenvalue weighted by Crippen LogP contribution is 2.22. The molecule has 3 heteroatoms.